The van der Waals surface area contributed by atoms with Crippen LogP contribution in [0.1, 0.15) is 49.7 Å². The van der Waals surface area contributed by atoms with E-state index in [-0.39, 0.29) is 11.0 Å². The molecular formula is C24H26N2OS. The van der Waals surface area contributed by atoms with E-state index in [9.17, 15) is 4.79 Å². The average Bonchev–Trinajstić information content (AvgIpc) is 3.18. The zero-order chi connectivity index (χ0) is 19.1. The maximum atomic E-state index is 13.5. The normalized spacial score (nSPS) is 19.4. The summed E-state index contributed by atoms with van der Waals surface area (Å²) in [5.74, 6) is 0.899. The Hall–Kier alpha value is -2.07. The zero-order valence-corrected chi connectivity index (χ0v) is 17.2. The molecule has 0 aliphatic heterocycles. The highest BCUT2D eigenvalue weighted by Gasteiger charge is 2.44. The summed E-state index contributed by atoms with van der Waals surface area (Å²) < 4.78 is 1.80. The first kappa shape index (κ1) is 18.0. The van der Waals surface area contributed by atoms with Crippen LogP contribution in [0.2, 0.25) is 0 Å². The lowest BCUT2D eigenvalue weighted by Gasteiger charge is -2.36. The van der Waals surface area contributed by atoms with Gasteiger partial charge in [-0.3, -0.25) is 9.36 Å². The van der Waals surface area contributed by atoms with Gasteiger partial charge in [-0.2, -0.15) is 0 Å². The van der Waals surface area contributed by atoms with E-state index in [1.807, 2.05) is 7.05 Å². The summed E-state index contributed by atoms with van der Waals surface area (Å²) in [5, 5.41) is 0.837. The van der Waals surface area contributed by atoms with Crippen molar-refractivity contribution in [3.8, 4) is 11.3 Å². The monoisotopic (exact) mass is 390 g/mol. The van der Waals surface area contributed by atoms with E-state index >= 15 is 0 Å². The van der Waals surface area contributed by atoms with Gasteiger partial charge in [-0.25, -0.2) is 4.98 Å². The third-order valence-electron chi connectivity index (χ3n) is 6.63. The Labute approximate surface area is 170 Å². The summed E-state index contributed by atoms with van der Waals surface area (Å²) in [7, 11) is 1.90. The maximum absolute atomic E-state index is 13.5. The molecule has 0 bridgehead atoms. The Kier molecular flexibility index (Phi) is 4.54. The van der Waals surface area contributed by atoms with Crippen LogP contribution in [0.15, 0.2) is 58.0 Å². The molecule has 1 aromatic carbocycles. The van der Waals surface area contributed by atoms with Crippen molar-refractivity contribution >= 4 is 11.8 Å². The molecule has 28 heavy (non-hydrogen) atoms. The molecule has 0 saturated heterocycles. The lowest BCUT2D eigenvalue weighted by Crippen LogP contribution is -2.39. The van der Waals surface area contributed by atoms with E-state index in [1.54, 1.807) is 16.3 Å². The standard InChI is InChI=1S/C24H26N2OS/c1-26-22(27)20-21(25-23(26)28-16-17-9-3-2-4-10-17)19-12-6-5-11-18(19)15-24(20)13-7-8-14-24/h2-3,5-6,9,11-12H,4,7-8,10,13-16H2,1H3. The van der Waals surface area contributed by atoms with Crippen LogP contribution < -0.4 is 5.56 Å². The Balaban J connectivity index is 1.62. The number of fused-ring (bicyclic) bond motifs is 4. The fourth-order valence-corrected chi connectivity index (χ4v) is 6.14. The summed E-state index contributed by atoms with van der Waals surface area (Å²) in [6.07, 6.45) is 14.4. The molecule has 2 aromatic rings. The molecule has 0 amide bonds. The van der Waals surface area contributed by atoms with E-state index < -0.39 is 0 Å². The molecule has 4 heteroatoms. The van der Waals surface area contributed by atoms with Gasteiger partial charge in [-0.05, 0) is 37.7 Å². The van der Waals surface area contributed by atoms with Crippen LogP contribution in [0, 0.1) is 0 Å². The summed E-state index contributed by atoms with van der Waals surface area (Å²) in [4.78, 5) is 18.6. The molecule has 1 saturated carbocycles. The SMILES string of the molecule is Cn1c(SCC2=CC=CCC2)nc2c(c1=O)C1(CCCC1)Cc1ccccc1-2. The predicted molar refractivity (Wildman–Crippen MR) is 116 cm³/mol. The summed E-state index contributed by atoms with van der Waals surface area (Å²) in [6.45, 7) is 0. The van der Waals surface area contributed by atoms with Gasteiger partial charge in [0.15, 0.2) is 5.16 Å². The Morgan fingerprint density at radius 1 is 1.21 bits per heavy atom. The Bertz CT molecular complexity index is 1040. The number of thioether (sulfide) groups is 1. The molecular weight excluding hydrogens is 364 g/mol. The summed E-state index contributed by atoms with van der Waals surface area (Å²) >= 11 is 1.70. The third-order valence-corrected chi connectivity index (χ3v) is 7.77. The molecule has 0 atom stereocenters. The van der Waals surface area contributed by atoms with E-state index in [4.69, 9.17) is 4.98 Å². The van der Waals surface area contributed by atoms with Gasteiger partial charge in [-0.15, -0.1) is 0 Å². The lowest BCUT2D eigenvalue weighted by atomic mass is 9.68. The first-order valence-electron chi connectivity index (χ1n) is 10.4. The lowest BCUT2D eigenvalue weighted by molar-refractivity contribution is 0.419. The average molecular weight is 391 g/mol. The van der Waals surface area contributed by atoms with Crippen molar-refractivity contribution in [2.75, 3.05) is 5.75 Å². The summed E-state index contributed by atoms with van der Waals surface area (Å²) in [6, 6.07) is 8.56. The van der Waals surface area contributed by atoms with Crippen molar-refractivity contribution < 1.29 is 0 Å². The molecule has 0 N–H and O–H groups in total. The van der Waals surface area contributed by atoms with Crippen LogP contribution in [-0.4, -0.2) is 15.3 Å². The Morgan fingerprint density at radius 3 is 2.82 bits per heavy atom. The largest absolute Gasteiger partial charge is 0.290 e. The van der Waals surface area contributed by atoms with Crippen LogP contribution >= 0.6 is 11.8 Å². The molecule has 3 nitrogen and oxygen atoms in total. The van der Waals surface area contributed by atoms with Crippen molar-refractivity contribution in [1.82, 2.24) is 9.55 Å². The number of nitrogens with zero attached hydrogens (tertiary/aromatic N) is 2. The minimum absolute atomic E-state index is 0.00851. The van der Waals surface area contributed by atoms with Crippen molar-refractivity contribution in [1.29, 1.82) is 0 Å². The number of aromatic nitrogens is 2. The van der Waals surface area contributed by atoms with Crippen molar-refractivity contribution in [2.45, 2.75) is 55.5 Å². The number of rotatable bonds is 3. The van der Waals surface area contributed by atoms with Gasteiger partial charge in [-0.1, -0.05) is 72.7 Å². The van der Waals surface area contributed by atoms with Crippen LogP contribution in [0.4, 0.5) is 0 Å². The minimum Gasteiger partial charge on any atom is -0.290 e. The minimum atomic E-state index is -0.00851. The number of hydrogen-bond donors (Lipinski definition) is 0. The molecule has 1 aromatic heterocycles. The van der Waals surface area contributed by atoms with Gasteiger partial charge in [0.2, 0.25) is 0 Å². The molecule has 0 radical (unpaired) electrons. The second kappa shape index (κ2) is 7.07. The topological polar surface area (TPSA) is 34.9 Å². The van der Waals surface area contributed by atoms with Crippen molar-refractivity contribution in [3.05, 3.63) is 69.5 Å². The molecule has 1 heterocycles. The zero-order valence-electron chi connectivity index (χ0n) is 16.4. The fourth-order valence-electron chi connectivity index (χ4n) is 5.15. The quantitative estimate of drug-likeness (QED) is 0.535. The first-order chi connectivity index (χ1) is 13.7. The molecule has 1 spiro atoms. The molecule has 5 rings (SSSR count). The van der Waals surface area contributed by atoms with Gasteiger partial charge >= 0.3 is 0 Å². The van der Waals surface area contributed by atoms with E-state index in [0.717, 1.165) is 59.8 Å². The first-order valence-corrected chi connectivity index (χ1v) is 11.3. The Morgan fingerprint density at radius 2 is 2.04 bits per heavy atom. The van der Waals surface area contributed by atoms with E-state index in [0.29, 0.717) is 0 Å². The number of benzene rings is 1. The maximum Gasteiger partial charge on any atom is 0.258 e. The highest BCUT2D eigenvalue weighted by atomic mass is 32.2. The van der Waals surface area contributed by atoms with Gasteiger partial charge in [0, 0.05) is 23.8 Å². The number of hydrogen-bond acceptors (Lipinski definition) is 3. The third kappa shape index (κ3) is 2.89. The van der Waals surface area contributed by atoms with Gasteiger partial charge in [0.05, 0.1) is 11.3 Å². The van der Waals surface area contributed by atoms with Crippen molar-refractivity contribution in [2.24, 2.45) is 7.05 Å². The summed E-state index contributed by atoms with van der Waals surface area (Å²) in [5.41, 5.74) is 6.03. The fraction of sp³-hybridized carbons (Fsp3) is 0.417. The van der Waals surface area contributed by atoms with E-state index in [2.05, 4.69) is 42.5 Å². The van der Waals surface area contributed by atoms with Crippen LogP contribution in [-0.2, 0) is 18.9 Å². The van der Waals surface area contributed by atoms with Gasteiger partial charge in [0.1, 0.15) is 0 Å². The second-order valence-electron chi connectivity index (χ2n) is 8.38. The second-order valence-corrected chi connectivity index (χ2v) is 9.33. The highest BCUT2D eigenvalue weighted by molar-refractivity contribution is 7.99. The van der Waals surface area contributed by atoms with Gasteiger partial charge < -0.3 is 0 Å². The highest BCUT2D eigenvalue weighted by Crippen LogP contribution is 2.49. The molecule has 1 fully saturated rings. The molecule has 3 aliphatic rings. The molecule has 144 valence electrons. The van der Waals surface area contributed by atoms with Gasteiger partial charge in [0.25, 0.3) is 5.56 Å². The van der Waals surface area contributed by atoms with Crippen LogP contribution in [0.5, 0.6) is 0 Å². The van der Waals surface area contributed by atoms with E-state index in [1.165, 1.54) is 24.0 Å². The van der Waals surface area contributed by atoms with Crippen LogP contribution in [0.3, 0.4) is 0 Å². The van der Waals surface area contributed by atoms with Crippen molar-refractivity contribution in [3.63, 3.8) is 0 Å². The number of allylic oxidation sites excluding steroid dienone is 3. The van der Waals surface area contributed by atoms with Crippen LogP contribution in [0.25, 0.3) is 11.3 Å². The predicted octanol–water partition coefficient (Wildman–Crippen LogP) is 5.18. The molecule has 0 unspecified atom stereocenters. The molecule has 3 aliphatic carbocycles. The smallest absolute Gasteiger partial charge is 0.258 e.